The van der Waals surface area contributed by atoms with Crippen molar-refractivity contribution in [3.63, 3.8) is 0 Å². The van der Waals surface area contributed by atoms with E-state index < -0.39 is 0 Å². The van der Waals surface area contributed by atoms with Crippen LogP contribution in [0.2, 0.25) is 0 Å². The molecule has 6 heteroatoms. The van der Waals surface area contributed by atoms with Crippen LogP contribution < -0.4 is 16.3 Å². The maximum absolute atomic E-state index is 12.7. The molecule has 1 aromatic carbocycles. The largest absolute Gasteiger partial charge is 0.397 e. The predicted molar refractivity (Wildman–Crippen MR) is 96.3 cm³/mol. The van der Waals surface area contributed by atoms with Crippen molar-refractivity contribution in [2.45, 2.75) is 18.9 Å². The molecule has 3 heterocycles. The summed E-state index contributed by atoms with van der Waals surface area (Å²) >= 11 is 0. The van der Waals surface area contributed by atoms with Gasteiger partial charge in [0.15, 0.2) is 0 Å². The van der Waals surface area contributed by atoms with E-state index in [1.807, 2.05) is 48.0 Å². The normalized spacial score (nSPS) is 16.0. The third-order valence-electron chi connectivity index (χ3n) is 4.92. The summed E-state index contributed by atoms with van der Waals surface area (Å²) in [7, 11) is 1.84. The van der Waals surface area contributed by atoms with E-state index in [1.54, 1.807) is 10.8 Å². The summed E-state index contributed by atoms with van der Waals surface area (Å²) in [6, 6.07) is 12.1. The Hall–Kier alpha value is -2.76. The third kappa shape index (κ3) is 2.35. The first kappa shape index (κ1) is 14.8. The van der Waals surface area contributed by atoms with E-state index in [9.17, 15) is 4.79 Å². The highest BCUT2D eigenvalue weighted by atomic mass is 16.1. The average Bonchev–Trinajstić information content (AvgIpc) is 2.87. The number of imidazole rings is 1. The van der Waals surface area contributed by atoms with Gasteiger partial charge < -0.3 is 10.6 Å². The van der Waals surface area contributed by atoms with Gasteiger partial charge in [-0.25, -0.2) is 9.78 Å². The Labute approximate surface area is 140 Å². The van der Waals surface area contributed by atoms with Gasteiger partial charge in [0.1, 0.15) is 5.82 Å². The molecule has 1 fully saturated rings. The van der Waals surface area contributed by atoms with E-state index in [0.717, 1.165) is 42.8 Å². The lowest BCUT2D eigenvalue weighted by atomic mass is 10.0. The zero-order chi connectivity index (χ0) is 16.7. The van der Waals surface area contributed by atoms with Crippen LogP contribution in [0.3, 0.4) is 0 Å². The Morgan fingerprint density at radius 2 is 1.79 bits per heavy atom. The maximum atomic E-state index is 12.7. The van der Waals surface area contributed by atoms with E-state index in [4.69, 9.17) is 5.73 Å². The van der Waals surface area contributed by atoms with Crippen LogP contribution in [0.1, 0.15) is 18.9 Å². The molecular formula is C18H21N5O. The zero-order valence-corrected chi connectivity index (χ0v) is 13.7. The molecule has 0 bridgehead atoms. The second-order valence-electron chi connectivity index (χ2n) is 6.37. The van der Waals surface area contributed by atoms with Gasteiger partial charge in [-0.05, 0) is 37.1 Å². The summed E-state index contributed by atoms with van der Waals surface area (Å²) in [5.74, 6) is 0.952. The molecule has 0 unspecified atom stereocenters. The van der Waals surface area contributed by atoms with Crippen LogP contribution in [0.5, 0.6) is 0 Å². The van der Waals surface area contributed by atoms with Crippen molar-refractivity contribution >= 4 is 22.5 Å². The predicted octanol–water partition coefficient (Wildman–Crippen LogP) is 2.16. The average molecular weight is 323 g/mol. The lowest BCUT2D eigenvalue weighted by Gasteiger charge is -2.33. The molecule has 0 amide bonds. The van der Waals surface area contributed by atoms with Gasteiger partial charge in [0.25, 0.3) is 0 Å². The van der Waals surface area contributed by atoms with E-state index in [0.29, 0.717) is 5.69 Å². The van der Waals surface area contributed by atoms with Crippen molar-refractivity contribution in [1.82, 2.24) is 14.1 Å². The minimum atomic E-state index is 0.0697. The van der Waals surface area contributed by atoms with Crippen molar-refractivity contribution in [2.75, 3.05) is 23.7 Å². The Morgan fingerprint density at radius 1 is 1.08 bits per heavy atom. The number of piperidine rings is 1. The molecule has 4 rings (SSSR count). The second-order valence-corrected chi connectivity index (χ2v) is 6.37. The van der Waals surface area contributed by atoms with Gasteiger partial charge >= 0.3 is 5.69 Å². The summed E-state index contributed by atoms with van der Waals surface area (Å²) < 4.78 is 3.70. The molecule has 24 heavy (non-hydrogen) atoms. The highest BCUT2D eigenvalue weighted by molar-refractivity contribution is 5.76. The number of hydrogen-bond donors (Lipinski definition) is 1. The van der Waals surface area contributed by atoms with Crippen LogP contribution in [0.4, 0.5) is 11.5 Å². The van der Waals surface area contributed by atoms with Gasteiger partial charge in [-0.3, -0.25) is 9.13 Å². The van der Waals surface area contributed by atoms with Gasteiger partial charge in [0.2, 0.25) is 0 Å². The second kappa shape index (κ2) is 5.70. The van der Waals surface area contributed by atoms with Gasteiger partial charge in [-0.2, -0.15) is 0 Å². The molecule has 6 nitrogen and oxygen atoms in total. The number of anilines is 2. The first-order chi connectivity index (χ1) is 11.6. The summed E-state index contributed by atoms with van der Waals surface area (Å²) in [6.07, 6.45) is 3.55. The number of rotatable bonds is 2. The topological polar surface area (TPSA) is 69.1 Å². The first-order valence-electron chi connectivity index (χ1n) is 8.27. The highest BCUT2D eigenvalue weighted by Crippen LogP contribution is 2.27. The fourth-order valence-electron chi connectivity index (χ4n) is 3.61. The number of para-hydroxylation sites is 2. The lowest BCUT2D eigenvalue weighted by molar-refractivity contribution is 0.392. The standard InChI is InChI=1S/C18H21N5O/c1-21-15-4-2-3-5-16(15)23(18(21)24)14-8-10-22(11-9-14)17-7-6-13(19)12-20-17/h2-7,12,14H,8-11,19H2,1H3. The molecule has 1 aliphatic rings. The molecule has 1 aliphatic heterocycles. The SMILES string of the molecule is Cn1c(=O)n(C2CCN(c3ccc(N)cn3)CC2)c2ccccc21. The van der Waals surface area contributed by atoms with Crippen molar-refractivity contribution in [2.24, 2.45) is 7.05 Å². The van der Waals surface area contributed by atoms with Crippen molar-refractivity contribution in [3.8, 4) is 0 Å². The number of aryl methyl sites for hydroxylation is 1. The molecule has 124 valence electrons. The Balaban J connectivity index is 1.59. The van der Waals surface area contributed by atoms with E-state index >= 15 is 0 Å². The number of nitrogen functional groups attached to an aromatic ring is 1. The number of nitrogens with zero attached hydrogens (tertiary/aromatic N) is 4. The van der Waals surface area contributed by atoms with Crippen molar-refractivity contribution < 1.29 is 0 Å². The number of nitrogens with two attached hydrogens (primary N) is 1. The highest BCUT2D eigenvalue weighted by Gasteiger charge is 2.25. The molecule has 0 aliphatic carbocycles. The summed E-state index contributed by atoms with van der Waals surface area (Å²) in [4.78, 5) is 19.3. The summed E-state index contributed by atoms with van der Waals surface area (Å²) in [6.45, 7) is 1.77. The van der Waals surface area contributed by atoms with Crippen molar-refractivity contribution in [1.29, 1.82) is 0 Å². The number of hydrogen-bond acceptors (Lipinski definition) is 4. The van der Waals surface area contributed by atoms with Crippen molar-refractivity contribution in [3.05, 3.63) is 53.1 Å². The Kier molecular flexibility index (Phi) is 3.52. The number of benzene rings is 1. The molecule has 2 aromatic heterocycles. The molecule has 0 spiro atoms. The van der Waals surface area contributed by atoms with Crippen LogP contribution in [0.15, 0.2) is 47.4 Å². The molecule has 0 atom stereocenters. The monoisotopic (exact) mass is 323 g/mol. The number of pyridine rings is 1. The summed E-state index contributed by atoms with van der Waals surface area (Å²) in [5, 5.41) is 0. The summed E-state index contributed by atoms with van der Waals surface area (Å²) in [5.41, 5.74) is 8.46. The van der Waals surface area contributed by atoms with E-state index in [1.165, 1.54) is 0 Å². The van der Waals surface area contributed by atoms with Gasteiger partial charge in [-0.1, -0.05) is 12.1 Å². The van der Waals surface area contributed by atoms with Gasteiger partial charge in [-0.15, -0.1) is 0 Å². The molecule has 0 radical (unpaired) electrons. The number of aromatic nitrogens is 3. The van der Waals surface area contributed by atoms with Crippen LogP contribution in [0.25, 0.3) is 11.0 Å². The van der Waals surface area contributed by atoms with Gasteiger partial charge in [0.05, 0.1) is 22.9 Å². The molecule has 1 saturated heterocycles. The quantitative estimate of drug-likeness (QED) is 0.784. The molecule has 0 saturated carbocycles. The molecule has 2 N–H and O–H groups in total. The fourth-order valence-corrected chi connectivity index (χ4v) is 3.61. The minimum Gasteiger partial charge on any atom is -0.397 e. The zero-order valence-electron chi connectivity index (χ0n) is 13.7. The first-order valence-corrected chi connectivity index (χ1v) is 8.27. The molecule has 3 aromatic rings. The Morgan fingerprint density at radius 3 is 2.46 bits per heavy atom. The number of fused-ring (bicyclic) bond motifs is 1. The maximum Gasteiger partial charge on any atom is 0.329 e. The smallest absolute Gasteiger partial charge is 0.329 e. The third-order valence-corrected chi connectivity index (χ3v) is 4.92. The molecular weight excluding hydrogens is 302 g/mol. The van der Waals surface area contributed by atoms with Crippen LogP contribution >= 0.6 is 0 Å². The minimum absolute atomic E-state index is 0.0697. The van der Waals surface area contributed by atoms with Crippen LogP contribution in [-0.2, 0) is 7.05 Å². The lowest BCUT2D eigenvalue weighted by Crippen LogP contribution is -2.38. The van der Waals surface area contributed by atoms with Crippen LogP contribution in [-0.4, -0.2) is 27.2 Å². The van der Waals surface area contributed by atoms with Gasteiger partial charge in [0, 0.05) is 26.2 Å². The van der Waals surface area contributed by atoms with E-state index in [2.05, 4.69) is 9.88 Å². The Bertz CT molecular complexity index is 917. The van der Waals surface area contributed by atoms with E-state index in [-0.39, 0.29) is 11.7 Å². The fraction of sp³-hybridized carbons (Fsp3) is 0.333. The van der Waals surface area contributed by atoms with Crippen LogP contribution in [0, 0.1) is 0 Å².